The molecular weight excluding hydrogens is 258 g/mol. The summed E-state index contributed by atoms with van der Waals surface area (Å²) in [7, 11) is 0. The van der Waals surface area contributed by atoms with Crippen molar-refractivity contribution < 1.29 is 13.9 Å². The van der Waals surface area contributed by atoms with Gasteiger partial charge < -0.3 is 14.5 Å². The molecule has 1 N–H and O–H groups in total. The molecule has 0 spiro atoms. The lowest BCUT2D eigenvalue weighted by atomic mass is 10.2. The van der Waals surface area contributed by atoms with Crippen molar-refractivity contribution in [3.8, 4) is 11.5 Å². The van der Waals surface area contributed by atoms with Crippen LogP contribution in [0.4, 0.5) is 5.69 Å². The smallest absolute Gasteiger partial charge is 0.250 e. The summed E-state index contributed by atoms with van der Waals surface area (Å²) < 4.78 is 10.6. The monoisotopic (exact) mass is 275 g/mol. The molecule has 0 aliphatic carbocycles. The van der Waals surface area contributed by atoms with Crippen LogP contribution in [0.3, 0.4) is 0 Å². The average molecular weight is 275 g/mol. The second kappa shape index (κ2) is 6.29. The third-order valence-electron chi connectivity index (χ3n) is 2.51. The maximum Gasteiger partial charge on any atom is 0.250 e. The van der Waals surface area contributed by atoms with E-state index in [4.69, 9.17) is 9.15 Å². The molecule has 0 bridgehead atoms. The van der Waals surface area contributed by atoms with E-state index >= 15 is 0 Å². The zero-order chi connectivity index (χ0) is 14.5. The molecule has 0 saturated heterocycles. The molecule has 0 aliphatic heterocycles. The molecular formula is C14H17N3O3. The highest BCUT2D eigenvalue weighted by Gasteiger charge is 2.13. The van der Waals surface area contributed by atoms with Crippen LogP contribution in [0.5, 0.6) is 0 Å². The lowest BCUT2D eigenvalue weighted by Gasteiger charge is -2.10. The van der Waals surface area contributed by atoms with Crippen molar-refractivity contribution in [2.45, 2.75) is 26.9 Å². The third kappa shape index (κ3) is 3.64. The number of para-hydroxylation sites is 1. The Morgan fingerprint density at radius 3 is 2.75 bits per heavy atom. The van der Waals surface area contributed by atoms with E-state index in [0.29, 0.717) is 23.0 Å². The lowest BCUT2D eigenvalue weighted by Crippen LogP contribution is -2.21. The zero-order valence-electron chi connectivity index (χ0n) is 11.7. The number of nitrogens with zero attached hydrogens (tertiary/aromatic N) is 2. The molecule has 6 nitrogen and oxygen atoms in total. The summed E-state index contributed by atoms with van der Waals surface area (Å²) in [6, 6.07) is 7.26. The molecule has 0 unspecified atom stereocenters. The largest absolute Gasteiger partial charge is 0.421 e. The summed E-state index contributed by atoms with van der Waals surface area (Å²) in [5, 5.41) is 10.5. The van der Waals surface area contributed by atoms with Gasteiger partial charge in [-0.2, -0.15) is 0 Å². The third-order valence-corrected chi connectivity index (χ3v) is 2.51. The second-order valence-corrected chi connectivity index (χ2v) is 4.58. The Balaban J connectivity index is 2.14. The van der Waals surface area contributed by atoms with Crippen molar-refractivity contribution in [3.63, 3.8) is 0 Å². The summed E-state index contributed by atoms with van der Waals surface area (Å²) >= 11 is 0. The maximum atomic E-state index is 11.8. The number of anilines is 1. The number of benzene rings is 1. The van der Waals surface area contributed by atoms with E-state index in [1.165, 1.54) is 0 Å². The highest BCUT2D eigenvalue weighted by atomic mass is 16.5. The maximum absolute atomic E-state index is 11.8. The van der Waals surface area contributed by atoms with E-state index in [2.05, 4.69) is 15.5 Å². The standard InChI is InChI=1S/C14H17N3O3/c1-9(2)19-8-13(18)15-12-7-5-4-6-11(12)14-17-16-10(3)20-14/h4-7,9H,8H2,1-3H3,(H,15,18). The minimum absolute atomic E-state index is 0.00879. The summed E-state index contributed by atoms with van der Waals surface area (Å²) in [6.45, 7) is 5.48. The fourth-order valence-corrected chi connectivity index (χ4v) is 1.61. The number of hydrogen-bond acceptors (Lipinski definition) is 5. The Bertz CT molecular complexity index is 593. The van der Waals surface area contributed by atoms with Crippen LogP contribution in [0.2, 0.25) is 0 Å². The summed E-state index contributed by atoms with van der Waals surface area (Å²) in [5.74, 6) is 0.634. The minimum atomic E-state index is -0.220. The van der Waals surface area contributed by atoms with Gasteiger partial charge in [-0.3, -0.25) is 4.79 Å². The van der Waals surface area contributed by atoms with E-state index in [-0.39, 0.29) is 18.6 Å². The Hall–Kier alpha value is -2.21. The van der Waals surface area contributed by atoms with Crippen LogP contribution in [0.25, 0.3) is 11.5 Å². The summed E-state index contributed by atoms with van der Waals surface area (Å²) in [6.07, 6.45) is 0.00887. The highest BCUT2D eigenvalue weighted by Crippen LogP contribution is 2.26. The SMILES string of the molecule is Cc1nnc(-c2ccccc2NC(=O)COC(C)C)o1. The molecule has 0 atom stereocenters. The van der Waals surface area contributed by atoms with Crippen molar-refractivity contribution in [2.24, 2.45) is 0 Å². The van der Waals surface area contributed by atoms with Gasteiger partial charge in [-0.05, 0) is 26.0 Å². The Kier molecular flexibility index (Phi) is 4.47. The van der Waals surface area contributed by atoms with Gasteiger partial charge in [0.05, 0.1) is 17.4 Å². The number of nitrogens with one attached hydrogen (secondary N) is 1. The van der Waals surface area contributed by atoms with Gasteiger partial charge in [0.15, 0.2) is 0 Å². The predicted octanol–water partition coefficient (Wildman–Crippen LogP) is 2.41. The fraction of sp³-hybridized carbons (Fsp3) is 0.357. The molecule has 2 aromatic rings. The molecule has 1 heterocycles. The highest BCUT2D eigenvalue weighted by molar-refractivity contribution is 5.95. The van der Waals surface area contributed by atoms with Gasteiger partial charge in [-0.15, -0.1) is 10.2 Å². The van der Waals surface area contributed by atoms with Crippen LogP contribution < -0.4 is 5.32 Å². The van der Waals surface area contributed by atoms with Crippen LogP contribution in [0.1, 0.15) is 19.7 Å². The molecule has 0 radical (unpaired) electrons. The number of hydrogen-bond donors (Lipinski definition) is 1. The quantitative estimate of drug-likeness (QED) is 0.906. The Morgan fingerprint density at radius 1 is 1.35 bits per heavy atom. The zero-order valence-corrected chi connectivity index (χ0v) is 11.7. The number of aromatic nitrogens is 2. The van der Waals surface area contributed by atoms with Gasteiger partial charge in [0.2, 0.25) is 17.7 Å². The minimum Gasteiger partial charge on any atom is -0.421 e. The van der Waals surface area contributed by atoms with Crippen molar-refractivity contribution in [1.29, 1.82) is 0 Å². The number of carbonyl (C=O) groups excluding carboxylic acids is 1. The first-order valence-corrected chi connectivity index (χ1v) is 6.37. The van der Waals surface area contributed by atoms with E-state index in [1.807, 2.05) is 32.0 Å². The van der Waals surface area contributed by atoms with Gasteiger partial charge in [0, 0.05) is 6.92 Å². The Morgan fingerprint density at radius 2 is 2.10 bits per heavy atom. The molecule has 1 amide bonds. The van der Waals surface area contributed by atoms with Crippen LogP contribution in [0.15, 0.2) is 28.7 Å². The number of aryl methyl sites for hydroxylation is 1. The Labute approximate surface area is 117 Å². The molecule has 1 aromatic heterocycles. The average Bonchev–Trinajstić information content (AvgIpc) is 2.83. The number of carbonyl (C=O) groups is 1. The molecule has 0 fully saturated rings. The van der Waals surface area contributed by atoms with Gasteiger partial charge in [0.25, 0.3) is 0 Å². The predicted molar refractivity (Wildman–Crippen MR) is 74.2 cm³/mol. The lowest BCUT2D eigenvalue weighted by molar-refractivity contribution is -0.121. The van der Waals surface area contributed by atoms with E-state index < -0.39 is 0 Å². The molecule has 0 saturated carbocycles. The number of ether oxygens (including phenoxy) is 1. The second-order valence-electron chi connectivity index (χ2n) is 4.58. The van der Waals surface area contributed by atoms with E-state index in [0.717, 1.165) is 0 Å². The van der Waals surface area contributed by atoms with Crippen molar-refractivity contribution in [2.75, 3.05) is 11.9 Å². The van der Waals surface area contributed by atoms with Crippen LogP contribution in [-0.4, -0.2) is 28.8 Å². The molecule has 2 rings (SSSR count). The first-order chi connectivity index (χ1) is 9.56. The summed E-state index contributed by atoms with van der Waals surface area (Å²) in [4.78, 5) is 11.8. The van der Waals surface area contributed by atoms with Crippen LogP contribution >= 0.6 is 0 Å². The first kappa shape index (κ1) is 14.2. The van der Waals surface area contributed by atoms with Gasteiger partial charge in [0.1, 0.15) is 6.61 Å². The summed E-state index contributed by atoms with van der Waals surface area (Å²) in [5.41, 5.74) is 1.31. The molecule has 20 heavy (non-hydrogen) atoms. The van der Waals surface area contributed by atoms with Gasteiger partial charge in [-0.25, -0.2) is 0 Å². The normalized spacial score (nSPS) is 10.8. The molecule has 0 aliphatic rings. The number of rotatable bonds is 5. The van der Waals surface area contributed by atoms with Crippen molar-refractivity contribution >= 4 is 11.6 Å². The molecule has 106 valence electrons. The van der Waals surface area contributed by atoms with Crippen molar-refractivity contribution in [3.05, 3.63) is 30.2 Å². The van der Waals surface area contributed by atoms with Crippen LogP contribution in [0, 0.1) is 6.92 Å². The number of amides is 1. The van der Waals surface area contributed by atoms with E-state index in [9.17, 15) is 4.79 Å². The molecule has 6 heteroatoms. The van der Waals surface area contributed by atoms with Gasteiger partial charge >= 0.3 is 0 Å². The van der Waals surface area contributed by atoms with Crippen LogP contribution in [-0.2, 0) is 9.53 Å². The topological polar surface area (TPSA) is 77.2 Å². The van der Waals surface area contributed by atoms with Crippen molar-refractivity contribution in [1.82, 2.24) is 10.2 Å². The molecule has 1 aromatic carbocycles. The van der Waals surface area contributed by atoms with Gasteiger partial charge in [-0.1, -0.05) is 12.1 Å². The van der Waals surface area contributed by atoms with E-state index in [1.54, 1.807) is 13.0 Å². The first-order valence-electron chi connectivity index (χ1n) is 6.37. The fourth-order valence-electron chi connectivity index (χ4n) is 1.61.